The molecule has 4 unspecified atom stereocenters. The van der Waals surface area contributed by atoms with Crippen LogP contribution in [-0.4, -0.2) is 41.9 Å². The molecule has 1 aromatic carbocycles. The topological polar surface area (TPSA) is 80.2 Å². The highest BCUT2D eigenvalue weighted by Gasteiger charge is 2.78. The van der Waals surface area contributed by atoms with Gasteiger partial charge in [0.1, 0.15) is 11.9 Å². The van der Waals surface area contributed by atoms with Gasteiger partial charge in [-0.15, -0.1) is 4.52 Å². The van der Waals surface area contributed by atoms with Gasteiger partial charge >= 0.3 is 31.8 Å². The minimum Gasteiger partial charge on any atom is -0.583 e. The smallest absolute Gasteiger partial charge is 0.382 e. The fraction of sp³-hybridized carbons (Fsp3) is 0.500. The van der Waals surface area contributed by atoms with Crippen molar-refractivity contribution in [2.75, 3.05) is 0 Å². The van der Waals surface area contributed by atoms with Gasteiger partial charge in [0.15, 0.2) is 12.2 Å². The van der Waals surface area contributed by atoms with E-state index < -0.39 is 49.7 Å². The minimum absolute atomic E-state index is 0.00789. The predicted octanol–water partition coefficient (Wildman–Crippen LogP) is 3.91. The van der Waals surface area contributed by atoms with Crippen LogP contribution in [0.5, 0.6) is 5.75 Å². The van der Waals surface area contributed by atoms with Crippen LogP contribution in [0.2, 0.25) is 0 Å². The van der Waals surface area contributed by atoms with Crippen LogP contribution in [0.1, 0.15) is 19.8 Å². The lowest BCUT2D eigenvalue weighted by Crippen LogP contribution is -2.67. The number of carbonyl (C=O) groups excluding carboxylic acids is 1. The second-order valence-corrected chi connectivity index (χ2v) is 7.69. The van der Waals surface area contributed by atoms with Gasteiger partial charge in [-0.25, -0.2) is 9.18 Å². The van der Waals surface area contributed by atoms with E-state index >= 15 is 8.78 Å². The van der Waals surface area contributed by atoms with Crippen LogP contribution < -0.4 is 9.63 Å². The van der Waals surface area contributed by atoms with Crippen molar-refractivity contribution in [3.05, 3.63) is 42.5 Å². The maximum Gasteiger partial charge on any atom is 0.382 e. The molecular weight excluding hydrogens is 436 g/mol. The van der Waals surface area contributed by atoms with Gasteiger partial charge in [-0.05, 0) is 44.1 Å². The molecule has 0 heterocycles. The van der Waals surface area contributed by atoms with Crippen molar-refractivity contribution in [2.45, 2.75) is 55.7 Å². The molecule has 6 nitrogen and oxygen atoms in total. The molecule has 0 aliphatic heterocycles. The molecule has 2 aliphatic rings. The zero-order valence-corrected chi connectivity index (χ0v) is 16.4. The largest absolute Gasteiger partial charge is 0.583 e. The lowest BCUT2D eigenvalue weighted by Gasteiger charge is -2.42. The van der Waals surface area contributed by atoms with Gasteiger partial charge in [0.2, 0.25) is 0 Å². The number of rotatable bonds is 7. The minimum atomic E-state index is -5.06. The van der Waals surface area contributed by atoms with Crippen molar-refractivity contribution in [1.82, 2.24) is 0 Å². The highest BCUT2D eigenvalue weighted by Crippen LogP contribution is 2.53. The van der Waals surface area contributed by atoms with E-state index in [9.17, 15) is 22.9 Å². The number of alkyl halides is 5. The zero-order valence-electron chi connectivity index (χ0n) is 15.5. The molecule has 1 saturated carbocycles. The summed E-state index contributed by atoms with van der Waals surface area (Å²) in [6.45, 7) is 1.15. The lowest BCUT2D eigenvalue weighted by molar-refractivity contribution is -0.349. The Bertz CT molecular complexity index is 853. The van der Waals surface area contributed by atoms with Gasteiger partial charge in [0, 0.05) is 0 Å². The van der Waals surface area contributed by atoms with E-state index in [0.29, 0.717) is 12.8 Å². The number of benzene rings is 1. The third-order valence-electron chi connectivity index (χ3n) is 4.32. The molecule has 164 valence electrons. The third-order valence-corrected chi connectivity index (χ3v) is 5.28. The summed E-state index contributed by atoms with van der Waals surface area (Å²) in [5.74, 6) is -15.4. The second kappa shape index (κ2) is 8.20. The maximum absolute atomic E-state index is 15.3. The van der Waals surface area contributed by atoms with Gasteiger partial charge in [0.05, 0.1) is 0 Å². The number of ether oxygens (including phenoxy) is 2. The number of halogens is 5. The molecule has 0 radical (unpaired) electrons. The Hall–Kier alpha value is -2.10. The summed E-state index contributed by atoms with van der Waals surface area (Å²) in [7, 11) is -3.55. The Morgan fingerprint density at radius 3 is 2.47 bits per heavy atom. The molecule has 0 bridgehead atoms. The standard InChI is InChI=1S/C18H17F5NO5P/c1-11(15(25)27-12-7-8-12)24-30(26)29-16(20)10-9-14(19)17(21,22)18(16,23)28-13-5-3-2-4-6-13/h2-6,9-12,14H,7-8H2,1H3/t11-,14?,16?,18?/m0/s1. The van der Waals surface area contributed by atoms with Crippen molar-refractivity contribution in [2.24, 2.45) is 4.74 Å². The Morgan fingerprint density at radius 1 is 1.23 bits per heavy atom. The van der Waals surface area contributed by atoms with Crippen molar-refractivity contribution in [1.29, 1.82) is 0 Å². The Labute approximate surface area is 169 Å². The van der Waals surface area contributed by atoms with E-state index in [1.807, 2.05) is 0 Å². The van der Waals surface area contributed by atoms with E-state index in [-0.39, 0.29) is 18.3 Å². The van der Waals surface area contributed by atoms with Gasteiger partial charge in [-0.1, -0.05) is 22.9 Å². The fourth-order valence-corrected chi connectivity index (χ4v) is 3.32. The first-order valence-corrected chi connectivity index (χ1v) is 10.0. The predicted molar refractivity (Wildman–Crippen MR) is 92.7 cm³/mol. The third kappa shape index (κ3) is 4.33. The van der Waals surface area contributed by atoms with Crippen LogP contribution in [0.4, 0.5) is 22.0 Å². The number of esters is 1. The van der Waals surface area contributed by atoms with Gasteiger partial charge in [0.25, 0.3) is 0 Å². The SMILES string of the molecule is C[C@H](N=[P+]([O-])OC1(F)C=CC(F)C(F)(F)C1(F)Oc1ccccc1)C(=O)OC1CC1. The molecule has 5 atom stereocenters. The average Bonchev–Trinajstić information content (AvgIpc) is 3.49. The first kappa shape index (κ1) is 22.6. The molecular formula is C18H17F5NO5P. The molecule has 1 fully saturated rings. The second-order valence-electron chi connectivity index (χ2n) is 6.80. The van der Waals surface area contributed by atoms with Crippen LogP contribution in [0, 0.1) is 0 Å². The Kier molecular flexibility index (Phi) is 6.18. The van der Waals surface area contributed by atoms with Gasteiger partial charge < -0.3 is 14.4 Å². The van der Waals surface area contributed by atoms with Crippen LogP contribution in [-0.2, 0) is 14.1 Å². The molecule has 2 aliphatic carbocycles. The molecule has 3 rings (SSSR count). The number of allylic oxidation sites excluding steroid dienone is 1. The van der Waals surface area contributed by atoms with Crippen LogP contribution >= 0.6 is 8.17 Å². The van der Waals surface area contributed by atoms with Crippen molar-refractivity contribution in [3.8, 4) is 5.75 Å². The van der Waals surface area contributed by atoms with E-state index in [2.05, 4.69) is 14.0 Å². The first-order valence-electron chi connectivity index (χ1n) is 8.89. The highest BCUT2D eigenvalue weighted by molar-refractivity contribution is 7.33. The Morgan fingerprint density at radius 2 is 1.87 bits per heavy atom. The molecule has 12 heteroatoms. The van der Waals surface area contributed by atoms with Crippen molar-refractivity contribution in [3.63, 3.8) is 0 Å². The number of hydrogen-bond donors (Lipinski definition) is 0. The number of nitrogens with zero attached hydrogens (tertiary/aromatic N) is 1. The fourth-order valence-electron chi connectivity index (χ4n) is 2.49. The molecule has 0 saturated heterocycles. The Balaban J connectivity index is 1.87. The molecule has 0 spiro atoms. The maximum atomic E-state index is 15.3. The van der Waals surface area contributed by atoms with Crippen LogP contribution in [0.3, 0.4) is 0 Å². The van der Waals surface area contributed by atoms with Crippen molar-refractivity contribution >= 4 is 14.1 Å². The number of para-hydroxylation sites is 1. The molecule has 1 aromatic rings. The normalized spacial score (nSPS) is 31.8. The summed E-state index contributed by atoms with van der Waals surface area (Å²) < 4.78 is 90.2. The molecule has 0 amide bonds. The summed E-state index contributed by atoms with van der Waals surface area (Å²) in [6, 6.07) is 4.68. The quantitative estimate of drug-likeness (QED) is 0.271. The van der Waals surface area contributed by atoms with Crippen LogP contribution in [0.15, 0.2) is 47.2 Å². The number of hydrogen-bond acceptors (Lipinski definition) is 6. The van der Waals surface area contributed by atoms with E-state index in [1.54, 1.807) is 0 Å². The summed E-state index contributed by atoms with van der Waals surface area (Å²) in [4.78, 5) is 23.8. The number of carbonyl (C=O) groups is 1. The summed E-state index contributed by atoms with van der Waals surface area (Å²) in [5.41, 5.74) is 0. The molecule has 0 N–H and O–H groups in total. The zero-order chi connectivity index (χ0) is 22.2. The van der Waals surface area contributed by atoms with Crippen molar-refractivity contribution < 1.29 is 45.6 Å². The average molecular weight is 453 g/mol. The van der Waals surface area contributed by atoms with E-state index in [1.165, 1.54) is 18.2 Å². The summed E-state index contributed by atoms with van der Waals surface area (Å²) in [6.07, 6.45) is -2.20. The highest BCUT2D eigenvalue weighted by atomic mass is 31.1. The summed E-state index contributed by atoms with van der Waals surface area (Å²) in [5, 5.41) is 0. The van der Waals surface area contributed by atoms with E-state index in [4.69, 9.17) is 4.74 Å². The molecule has 0 aromatic heterocycles. The first-order chi connectivity index (χ1) is 14.0. The monoisotopic (exact) mass is 453 g/mol. The lowest BCUT2D eigenvalue weighted by atomic mass is 9.91. The van der Waals surface area contributed by atoms with Gasteiger partial charge in [-0.3, -0.25) is 0 Å². The van der Waals surface area contributed by atoms with Gasteiger partial charge in [-0.2, -0.15) is 17.6 Å². The molecule has 30 heavy (non-hydrogen) atoms. The van der Waals surface area contributed by atoms with E-state index in [0.717, 1.165) is 19.1 Å². The van der Waals surface area contributed by atoms with Crippen LogP contribution in [0.25, 0.3) is 0 Å². The summed E-state index contributed by atoms with van der Waals surface area (Å²) >= 11 is 0.